The Kier molecular flexibility index (Phi) is 6.12. The molecule has 0 radical (unpaired) electrons. The maximum Gasteiger partial charge on any atom is 0.305 e. The summed E-state index contributed by atoms with van der Waals surface area (Å²) in [5.41, 5.74) is 1.49. The van der Waals surface area contributed by atoms with Gasteiger partial charge in [0, 0.05) is 18.5 Å². The van der Waals surface area contributed by atoms with Gasteiger partial charge in [-0.25, -0.2) is 0 Å². The zero-order chi connectivity index (χ0) is 16.5. The number of aromatic nitrogens is 3. The van der Waals surface area contributed by atoms with Gasteiger partial charge in [0.15, 0.2) is 5.82 Å². The highest BCUT2D eigenvalue weighted by molar-refractivity contribution is 5.68. The maximum absolute atomic E-state index is 11.0. The number of nitrogens with zero attached hydrogens (tertiary/aromatic N) is 3. The molecule has 2 N–H and O–H groups in total. The molecule has 7 heteroatoms. The number of carbonyl (C=O) groups excluding carboxylic acids is 1. The number of anilines is 1. The summed E-state index contributed by atoms with van der Waals surface area (Å²) in [5, 5.41) is 18.9. The van der Waals surface area contributed by atoms with Gasteiger partial charge in [0.1, 0.15) is 0 Å². The van der Waals surface area contributed by atoms with E-state index in [1.807, 2.05) is 12.1 Å². The molecule has 23 heavy (non-hydrogen) atoms. The first-order valence-electron chi connectivity index (χ1n) is 7.46. The topological polar surface area (TPSA) is 104 Å². The molecule has 0 saturated heterocycles. The van der Waals surface area contributed by atoms with E-state index in [0.717, 1.165) is 31.4 Å². The molecule has 0 unspecified atom stereocenters. The van der Waals surface area contributed by atoms with Crippen molar-refractivity contribution in [1.82, 2.24) is 15.2 Å². The van der Waals surface area contributed by atoms with Crippen molar-refractivity contribution in [1.29, 1.82) is 5.26 Å². The van der Waals surface area contributed by atoms with Gasteiger partial charge in [-0.3, -0.25) is 9.89 Å². The summed E-state index contributed by atoms with van der Waals surface area (Å²) in [6.45, 7) is 0.742. The molecule has 7 nitrogen and oxygen atoms in total. The number of hydrogen-bond acceptors (Lipinski definition) is 6. The number of hydrogen-bond donors (Lipinski definition) is 2. The van der Waals surface area contributed by atoms with Gasteiger partial charge in [0.25, 0.3) is 0 Å². The quantitative estimate of drug-likeness (QED) is 0.573. The van der Waals surface area contributed by atoms with E-state index >= 15 is 0 Å². The molecule has 0 atom stereocenters. The minimum absolute atomic E-state index is 0.168. The number of H-pyrrole nitrogens is 1. The van der Waals surface area contributed by atoms with Crippen LogP contribution in [0.15, 0.2) is 24.3 Å². The van der Waals surface area contributed by atoms with Crippen LogP contribution in [0.4, 0.5) is 5.95 Å². The van der Waals surface area contributed by atoms with E-state index in [-0.39, 0.29) is 5.97 Å². The summed E-state index contributed by atoms with van der Waals surface area (Å²) >= 11 is 0. The maximum atomic E-state index is 11.0. The zero-order valence-electron chi connectivity index (χ0n) is 13.0. The van der Waals surface area contributed by atoms with Crippen molar-refractivity contribution in [3.8, 4) is 17.5 Å². The molecule has 120 valence electrons. The van der Waals surface area contributed by atoms with Gasteiger partial charge in [-0.1, -0.05) is 6.42 Å². The molecular formula is C16H19N5O2. The Labute approximate surface area is 134 Å². The number of nitrogens with one attached hydrogen (secondary N) is 2. The fourth-order valence-corrected chi connectivity index (χ4v) is 2.05. The van der Waals surface area contributed by atoms with E-state index < -0.39 is 0 Å². The lowest BCUT2D eigenvalue weighted by Crippen LogP contribution is -2.04. The third-order valence-corrected chi connectivity index (χ3v) is 3.34. The normalized spacial score (nSPS) is 10.1. The van der Waals surface area contributed by atoms with Crippen molar-refractivity contribution in [3.05, 3.63) is 29.8 Å². The van der Waals surface area contributed by atoms with E-state index in [9.17, 15) is 4.79 Å². The Morgan fingerprint density at radius 3 is 2.78 bits per heavy atom. The molecule has 0 spiro atoms. The van der Waals surface area contributed by atoms with Crippen molar-refractivity contribution in [2.24, 2.45) is 0 Å². The Hall–Kier alpha value is -2.88. The monoisotopic (exact) mass is 313 g/mol. The summed E-state index contributed by atoms with van der Waals surface area (Å²) in [6.07, 6.45) is 3.14. The van der Waals surface area contributed by atoms with Crippen LogP contribution in [0.2, 0.25) is 0 Å². The Morgan fingerprint density at radius 1 is 1.30 bits per heavy atom. The predicted molar refractivity (Wildman–Crippen MR) is 85.5 cm³/mol. The van der Waals surface area contributed by atoms with Crippen LogP contribution in [0.1, 0.15) is 31.2 Å². The summed E-state index contributed by atoms with van der Waals surface area (Å²) < 4.78 is 4.59. The number of nitriles is 1. The summed E-state index contributed by atoms with van der Waals surface area (Å²) in [6, 6.07) is 9.22. The first-order valence-corrected chi connectivity index (χ1v) is 7.46. The molecule has 0 saturated carbocycles. The standard InChI is InChI=1S/C16H19N5O2/c1-23-14(22)5-3-2-4-10-18-16-19-15(20-21-16)13-8-6-12(11-17)7-9-13/h6-9H,2-5,10H2,1H3,(H2,18,19,20,21). The number of methoxy groups -OCH3 is 1. The van der Waals surface area contributed by atoms with E-state index in [2.05, 4.69) is 31.3 Å². The second-order valence-corrected chi connectivity index (χ2v) is 5.01. The molecule has 1 aromatic heterocycles. The number of carbonyl (C=O) groups is 1. The number of ether oxygens (including phenoxy) is 1. The first kappa shape index (κ1) is 16.5. The Balaban J connectivity index is 1.74. The number of aromatic amines is 1. The highest BCUT2D eigenvalue weighted by Gasteiger charge is 2.05. The van der Waals surface area contributed by atoms with Gasteiger partial charge in [0.05, 0.1) is 18.7 Å². The second kappa shape index (κ2) is 8.54. The van der Waals surface area contributed by atoms with Crippen molar-refractivity contribution >= 4 is 11.9 Å². The minimum atomic E-state index is -0.168. The molecule has 0 aliphatic heterocycles. The number of benzene rings is 1. The van der Waals surface area contributed by atoms with Crippen LogP contribution in [-0.4, -0.2) is 34.8 Å². The molecule has 0 bridgehead atoms. The molecule has 2 aromatic rings. The van der Waals surface area contributed by atoms with Crippen LogP contribution in [0.3, 0.4) is 0 Å². The van der Waals surface area contributed by atoms with Gasteiger partial charge >= 0.3 is 5.97 Å². The molecule has 0 aliphatic carbocycles. The van der Waals surface area contributed by atoms with E-state index in [4.69, 9.17) is 5.26 Å². The van der Waals surface area contributed by atoms with Crippen LogP contribution in [0.5, 0.6) is 0 Å². The Bertz CT molecular complexity index is 673. The van der Waals surface area contributed by atoms with E-state index in [0.29, 0.717) is 23.8 Å². The number of unbranched alkanes of at least 4 members (excludes halogenated alkanes) is 2. The smallest absolute Gasteiger partial charge is 0.305 e. The molecule has 0 aliphatic rings. The van der Waals surface area contributed by atoms with Crippen molar-refractivity contribution < 1.29 is 9.53 Å². The van der Waals surface area contributed by atoms with Gasteiger partial charge in [-0.15, -0.1) is 5.10 Å². The van der Waals surface area contributed by atoms with Crippen LogP contribution in [0.25, 0.3) is 11.4 Å². The SMILES string of the molecule is COC(=O)CCCCCNc1n[nH]c(-c2ccc(C#N)cc2)n1. The van der Waals surface area contributed by atoms with Crippen LogP contribution < -0.4 is 5.32 Å². The Morgan fingerprint density at radius 2 is 2.09 bits per heavy atom. The molecule has 0 amide bonds. The average molecular weight is 313 g/mol. The van der Waals surface area contributed by atoms with Crippen molar-refractivity contribution in [3.63, 3.8) is 0 Å². The number of esters is 1. The third-order valence-electron chi connectivity index (χ3n) is 3.34. The van der Waals surface area contributed by atoms with Gasteiger partial charge < -0.3 is 10.1 Å². The molecular weight excluding hydrogens is 294 g/mol. The number of rotatable bonds is 8. The highest BCUT2D eigenvalue weighted by atomic mass is 16.5. The van der Waals surface area contributed by atoms with E-state index in [1.54, 1.807) is 12.1 Å². The predicted octanol–water partition coefficient (Wildman–Crippen LogP) is 2.49. The van der Waals surface area contributed by atoms with Crippen LogP contribution in [0, 0.1) is 11.3 Å². The van der Waals surface area contributed by atoms with Crippen LogP contribution >= 0.6 is 0 Å². The summed E-state index contributed by atoms with van der Waals surface area (Å²) in [4.78, 5) is 15.3. The largest absolute Gasteiger partial charge is 0.469 e. The lowest BCUT2D eigenvalue weighted by Gasteiger charge is -2.01. The van der Waals surface area contributed by atoms with Gasteiger partial charge in [-0.05, 0) is 37.1 Å². The van der Waals surface area contributed by atoms with Gasteiger partial charge in [-0.2, -0.15) is 10.2 Å². The van der Waals surface area contributed by atoms with Crippen LogP contribution in [-0.2, 0) is 9.53 Å². The highest BCUT2D eigenvalue weighted by Crippen LogP contribution is 2.16. The fourth-order valence-electron chi connectivity index (χ4n) is 2.05. The zero-order valence-corrected chi connectivity index (χ0v) is 13.0. The first-order chi connectivity index (χ1) is 11.2. The summed E-state index contributed by atoms with van der Waals surface area (Å²) in [7, 11) is 1.40. The van der Waals surface area contributed by atoms with Gasteiger partial charge in [0.2, 0.25) is 5.95 Å². The lowest BCUT2D eigenvalue weighted by atomic mass is 10.1. The fraction of sp³-hybridized carbons (Fsp3) is 0.375. The average Bonchev–Trinajstić information content (AvgIpc) is 3.06. The van der Waals surface area contributed by atoms with E-state index in [1.165, 1.54) is 7.11 Å². The van der Waals surface area contributed by atoms with Crippen molar-refractivity contribution in [2.45, 2.75) is 25.7 Å². The molecule has 2 rings (SSSR count). The molecule has 0 fully saturated rings. The third kappa shape index (κ3) is 5.11. The molecule has 1 heterocycles. The van der Waals surface area contributed by atoms with Crippen molar-refractivity contribution in [2.75, 3.05) is 19.0 Å². The second-order valence-electron chi connectivity index (χ2n) is 5.01. The summed E-state index contributed by atoms with van der Waals surface area (Å²) in [5.74, 6) is 1.03. The molecule has 1 aromatic carbocycles. The lowest BCUT2D eigenvalue weighted by molar-refractivity contribution is -0.140. The minimum Gasteiger partial charge on any atom is -0.469 e.